The average molecular weight is 563 g/mol. The molecule has 4 fully saturated rings. The van der Waals surface area contributed by atoms with Gasteiger partial charge in [-0.05, 0) is 83.0 Å². The van der Waals surface area contributed by atoms with E-state index in [-0.39, 0.29) is 42.0 Å². The second-order valence-corrected chi connectivity index (χ2v) is 12.6. The fourth-order valence-electron chi connectivity index (χ4n) is 7.18. The number of allylic oxidation sites excluding steroid dienone is 1. The number of aliphatic hydroxyl groups is 1. The van der Waals surface area contributed by atoms with Crippen molar-refractivity contribution in [3.8, 4) is 0 Å². The molecule has 0 radical (unpaired) electrons. The topological polar surface area (TPSA) is 94.5 Å². The zero-order chi connectivity index (χ0) is 28.2. The van der Waals surface area contributed by atoms with Crippen LogP contribution in [0.15, 0.2) is 24.3 Å². The number of unbranched alkanes of at least 4 members (excludes halogenated alkanes) is 3. The van der Waals surface area contributed by atoms with E-state index in [4.69, 9.17) is 24.1 Å². The number of carbonyl (C=O) groups is 1. The minimum absolute atomic E-state index is 0.0158. The number of carboxylic acid groups (broad SMARTS) is 1. The summed E-state index contributed by atoms with van der Waals surface area (Å²) in [5.74, 6) is -0.704. The lowest BCUT2D eigenvalue weighted by molar-refractivity contribution is -0.211. The van der Waals surface area contributed by atoms with Gasteiger partial charge in [0.2, 0.25) is 0 Å². The van der Waals surface area contributed by atoms with Crippen molar-refractivity contribution < 1.29 is 34.0 Å². The Morgan fingerprint density at radius 1 is 1.02 bits per heavy atom. The van der Waals surface area contributed by atoms with Gasteiger partial charge in [-0.25, -0.2) is 4.79 Å². The molecule has 0 bridgehead atoms. The summed E-state index contributed by atoms with van der Waals surface area (Å²) in [5.41, 5.74) is 0.180. The molecule has 7 atom stereocenters. The van der Waals surface area contributed by atoms with Crippen molar-refractivity contribution in [1.29, 1.82) is 0 Å². The lowest BCUT2D eigenvalue weighted by Gasteiger charge is -2.48. The van der Waals surface area contributed by atoms with Gasteiger partial charge in [-0.15, -0.1) is 0 Å². The Hall–Kier alpha value is -1.25. The van der Waals surface area contributed by atoms with Crippen molar-refractivity contribution in [2.75, 3.05) is 13.2 Å². The van der Waals surface area contributed by atoms with Crippen molar-refractivity contribution in [3.63, 3.8) is 0 Å². The third-order valence-electron chi connectivity index (χ3n) is 9.70. The fraction of sp³-hybridized carbons (Fsp3) is 0.848. The van der Waals surface area contributed by atoms with Crippen LogP contribution in [0.4, 0.5) is 0 Å². The zero-order valence-electron chi connectivity index (χ0n) is 24.7. The van der Waals surface area contributed by atoms with E-state index in [2.05, 4.69) is 19.1 Å². The number of carboxylic acids is 1. The van der Waals surface area contributed by atoms with Gasteiger partial charge in [-0.1, -0.05) is 50.8 Å². The first-order valence-electron chi connectivity index (χ1n) is 16.3. The van der Waals surface area contributed by atoms with Crippen molar-refractivity contribution in [2.24, 2.45) is 17.3 Å². The second kappa shape index (κ2) is 16.4. The Kier molecular flexibility index (Phi) is 13.0. The van der Waals surface area contributed by atoms with E-state index in [1.54, 1.807) is 6.08 Å². The van der Waals surface area contributed by atoms with Gasteiger partial charge >= 0.3 is 5.97 Å². The van der Waals surface area contributed by atoms with Gasteiger partial charge in [0.25, 0.3) is 0 Å². The molecule has 7 nitrogen and oxygen atoms in total. The lowest BCUT2D eigenvalue weighted by Crippen LogP contribution is -2.44. The van der Waals surface area contributed by atoms with Crippen LogP contribution in [0.2, 0.25) is 0 Å². The summed E-state index contributed by atoms with van der Waals surface area (Å²) >= 11 is 0. The van der Waals surface area contributed by atoms with Gasteiger partial charge in [-0.2, -0.15) is 0 Å². The van der Waals surface area contributed by atoms with Crippen LogP contribution in [-0.2, 0) is 23.7 Å². The zero-order valence-corrected chi connectivity index (χ0v) is 24.7. The molecular weight excluding hydrogens is 508 g/mol. The normalized spacial score (nSPS) is 33.4. The predicted octanol–water partition coefficient (Wildman–Crippen LogP) is 6.92. The van der Waals surface area contributed by atoms with Gasteiger partial charge in [0.15, 0.2) is 12.6 Å². The van der Waals surface area contributed by atoms with Crippen LogP contribution >= 0.6 is 0 Å². The Labute approximate surface area is 241 Å². The summed E-state index contributed by atoms with van der Waals surface area (Å²) in [7, 11) is 0. The maximum atomic E-state index is 11.2. The van der Waals surface area contributed by atoms with Crippen LogP contribution in [-0.4, -0.2) is 60.3 Å². The molecule has 0 aromatic heterocycles. The van der Waals surface area contributed by atoms with Gasteiger partial charge in [0.1, 0.15) is 0 Å². The third kappa shape index (κ3) is 9.12. The molecule has 0 spiro atoms. The first-order chi connectivity index (χ1) is 19.5. The highest BCUT2D eigenvalue weighted by Crippen LogP contribution is 2.50. The fourth-order valence-corrected chi connectivity index (χ4v) is 7.18. The highest BCUT2D eigenvalue weighted by atomic mass is 16.7. The molecule has 4 aliphatic rings. The van der Waals surface area contributed by atoms with Crippen molar-refractivity contribution in [3.05, 3.63) is 24.3 Å². The summed E-state index contributed by atoms with van der Waals surface area (Å²) < 4.78 is 25.2. The molecule has 4 rings (SSSR count). The number of hydrogen-bond donors (Lipinski definition) is 2. The van der Waals surface area contributed by atoms with Crippen LogP contribution in [0.3, 0.4) is 0 Å². The molecule has 2 N–H and O–H groups in total. The molecule has 228 valence electrons. The maximum Gasteiger partial charge on any atom is 0.327 e. The first kappa shape index (κ1) is 31.7. The Balaban J connectivity index is 1.48. The molecule has 40 heavy (non-hydrogen) atoms. The van der Waals surface area contributed by atoms with Crippen LogP contribution < -0.4 is 0 Å². The third-order valence-corrected chi connectivity index (χ3v) is 9.70. The lowest BCUT2D eigenvalue weighted by atomic mass is 9.62. The quantitative estimate of drug-likeness (QED) is 0.120. The summed E-state index contributed by atoms with van der Waals surface area (Å²) in [5, 5.41) is 20.0. The largest absolute Gasteiger partial charge is 0.478 e. The maximum absolute atomic E-state index is 11.2. The van der Waals surface area contributed by atoms with Crippen molar-refractivity contribution in [2.45, 2.75) is 147 Å². The SMILES string of the molecule is CCCCC1([C@@H](/C=C/[C@@H]2[C@@H](CCCC/C=C/C(=O)O)[C@@H](O)C[C@H]2OC2CCCCO2)OC2CCCCO2)CCC1. The van der Waals surface area contributed by atoms with Crippen LogP contribution in [0.25, 0.3) is 0 Å². The molecule has 2 aliphatic carbocycles. The Morgan fingerprint density at radius 3 is 2.40 bits per heavy atom. The van der Waals surface area contributed by atoms with Gasteiger partial charge in [0.05, 0.1) is 18.3 Å². The van der Waals surface area contributed by atoms with Gasteiger partial charge < -0.3 is 29.2 Å². The van der Waals surface area contributed by atoms with Crippen molar-refractivity contribution in [1.82, 2.24) is 0 Å². The summed E-state index contributed by atoms with van der Waals surface area (Å²) in [6, 6.07) is 0. The van der Waals surface area contributed by atoms with Crippen LogP contribution in [0.5, 0.6) is 0 Å². The minimum atomic E-state index is -0.903. The number of aliphatic carboxylic acids is 1. The summed E-state index contributed by atoms with van der Waals surface area (Å²) in [6.45, 7) is 3.78. The molecular formula is C33H54O7. The van der Waals surface area contributed by atoms with E-state index >= 15 is 0 Å². The summed E-state index contributed by atoms with van der Waals surface area (Å²) in [4.78, 5) is 10.8. The Bertz CT molecular complexity index is 795. The second-order valence-electron chi connectivity index (χ2n) is 12.6. The van der Waals surface area contributed by atoms with E-state index < -0.39 is 12.1 Å². The number of ether oxygens (including phenoxy) is 4. The first-order valence-corrected chi connectivity index (χ1v) is 16.3. The molecule has 2 unspecified atom stereocenters. The molecule has 2 saturated heterocycles. The molecule has 2 saturated carbocycles. The van der Waals surface area contributed by atoms with E-state index in [9.17, 15) is 9.90 Å². The molecule has 0 aromatic rings. The van der Waals surface area contributed by atoms with E-state index in [0.29, 0.717) is 6.42 Å². The number of aliphatic hydroxyl groups excluding tert-OH is 1. The molecule has 2 aliphatic heterocycles. The molecule has 0 amide bonds. The van der Waals surface area contributed by atoms with Crippen LogP contribution in [0, 0.1) is 17.3 Å². The number of hydrogen-bond acceptors (Lipinski definition) is 6. The predicted molar refractivity (Wildman–Crippen MR) is 155 cm³/mol. The van der Waals surface area contributed by atoms with Crippen LogP contribution in [0.1, 0.15) is 116 Å². The monoisotopic (exact) mass is 562 g/mol. The summed E-state index contributed by atoms with van der Waals surface area (Å²) in [6.07, 6.45) is 24.4. The highest BCUT2D eigenvalue weighted by Gasteiger charge is 2.46. The smallest absolute Gasteiger partial charge is 0.327 e. The minimum Gasteiger partial charge on any atom is -0.478 e. The Morgan fingerprint density at radius 2 is 1.77 bits per heavy atom. The molecule has 2 heterocycles. The molecule has 0 aromatic carbocycles. The van der Waals surface area contributed by atoms with Gasteiger partial charge in [-0.3, -0.25) is 0 Å². The van der Waals surface area contributed by atoms with E-state index in [1.165, 1.54) is 44.6 Å². The molecule has 7 heteroatoms. The average Bonchev–Trinajstić information content (AvgIpc) is 3.22. The number of rotatable bonds is 16. The van der Waals surface area contributed by atoms with E-state index in [1.807, 2.05) is 0 Å². The van der Waals surface area contributed by atoms with Gasteiger partial charge in [0, 0.05) is 37.0 Å². The highest BCUT2D eigenvalue weighted by molar-refractivity contribution is 5.79. The van der Waals surface area contributed by atoms with E-state index in [0.717, 1.165) is 77.4 Å². The standard InChI is InChI=1S/C33H54O7/c1-2-3-19-33(20-12-21-33)29(40-32-16-9-11-23-38-32)18-17-26-25(13-6-4-5-7-14-30(35)36)27(34)24-28(26)39-31-15-8-10-22-37-31/h7,14,17-18,25-29,31-32,34H,2-6,8-13,15-16,19-24H2,1H3,(H,35,36)/b14-7+,18-17+/t25-,26-,27+,28-,29-,31?,32?/m1/s1. The van der Waals surface area contributed by atoms with Crippen molar-refractivity contribution >= 4 is 5.97 Å².